The number of carbonyl (C=O) groups excluding carboxylic acids is 2. The van der Waals surface area contributed by atoms with Gasteiger partial charge in [0.1, 0.15) is 24.7 Å². The van der Waals surface area contributed by atoms with Gasteiger partial charge in [-0.15, -0.1) is 0 Å². The highest BCUT2D eigenvalue weighted by atomic mass is 16.5. The van der Waals surface area contributed by atoms with Gasteiger partial charge in [0.2, 0.25) is 5.91 Å². The molecule has 3 rings (SSSR count). The molecule has 0 spiro atoms. The lowest BCUT2D eigenvalue weighted by molar-refractivity contribution is -0.123. The average molecular weight is 433 g/mol. The summed E-state index contributed by atoms with van der Waals surface area (Å²) in [5.74, 6) is 1.12. The lowest BCUT2D eigenvalue weighted by atomic mass is 9.95. The molecule has 2 amide bonds. The summed E-state index contributed by atoms with van der Waals surface area (Å²) >= 11 is 0. The van der Waals surface area contributed by atoms with Crippen molar-refractivity contribution in [3.05, 3.63) is 84.4 Å². The second kappa shape index (κ2) is 10.5. The summed E-state index contributed by atoms with van der Waals surface area (Å²) in [6, 6.07) is 23.5. The van der Waals surface area contributed by atoms with E-state index in [9.17, 15) is 9.59 Å². The third-order valence-electron chi connectivity index (χ3n) is 4.54. The number of rotatable bonds is 8. The van der Waals surface area contributed by atoms with Crippen molar-refractivity contribution in [2.24, 2.45) is 5.41 Å². The molecular formula is C26H28N2O4. The zero-order valence-corrected chi connectivity index (χ0v) is 18.6. The van der Waals surface area contributed by atoms with Crippen LogP contribution in [-0.4, -0.2) is 25.0 Å². The van der Waals surface area contributed by atoms with Crippen LogP contribution < -0.4 is 20.1 Å². The molecule has 6 nitrogen and oxygen atoms in total. The Balaban J connectivity index is 1.50. The molecule has 3 aromatic carbocycles. The van der Waals surface area contributed by atoms with Crippen LogP contribution in [0.15, 0.2) is 78.9 Å². The van der Waals surface area contributed by atoms with E-state index in [1.807, 2.05) is 51.1 Å². The van der Waals surface area contributed by atoms with Crippen molar-refractivity contribution < 1.29 is 19.1 Å². The highest BCUT2D eigenvalue weighted by Crippen LogP contribution is 2.21. The van der Waals surface area contributed by atoms with Gasteiger partial charge < -0.3 is 20.1 Å². The van der Waals surface area contributed by atoms with Gasteiger partial charge in [-0.25, -0.2) is 0 Å². The van der Waals surface area contributed by atoms with Gasteiger partial charge in [-0.3, -0.25) is 9.59 Å². The van der Waals surface area contributed by atoms with Crippen molar-refractivity contribution in [2.45, 2.75) is 20.8 Å². The quantitative estimate of drug-likeness (QED) is 0.469. The Morgan fingerprint density at radius 1 is 0.719 bits per heavy atom. The molecular weight excluding hydrogens is 404 g/mol. The van der Waals surface area contributed by atoms with Crippen molar-refractivity contribution >= 4 is 23.2 Å². The maximum absolute atomic E-state index is 12.6. The van der Waals surface area contributed by atoms with Gasteiger partial charge >= 0.3 is 0 Å². The number of amides is 2. The van der Waals surface area contributed by atoms with Crippen LogP contribution in [-0.2, 0) is 4.79 Å². The molecule has 32 heavy (non-hydrogen) atoms. The average Bonchev–Trinajstić information content (AvgIpc) is 2.77. The SMILES string of the molecule is CC(C)(C)C(=O)Nc1cccc(NC(=O)c2ccc(OCCOc3ccccc3)cc2)c1. The second-order valence-corrected chi connectivity index (χ2v) is 8.27. The molecule has 0 unspecified atom stereocenters. The zero-order chi connectivity index (χ0) is 23.0. The van der Waals surface area contributed by atoms with Crippen LogP contribution in [0.25, 0.3) is 0 Å². The Morgan fingerprint density at radius 3 is 1.88 bits per heavy atom. The van der Waals surface area contributed by atoms with Gasteiger partial charge in [0.15, 0.2) is 0 Å². The largest absolute Gasteiger partial charge is 0.490 e. The number of hydrogen-bond donors (Lipinski definition) is 2. The van der Waals surface area contributed by atoms with E-state index in [1.165, 1.54) is 0 Å². The van der Waals surface area contributed by atoms with Crippen LogP contribution in [0, 0.1) is 5.41 Å². The smallest absolute Gasteiger partial charge is 0.255 e. The van der Waals surface area contributed by atoms with Crippen molar-refractivity contribution in [2.75, 3.05) is 23.8 Å². The minimum absolute atomic E-state index is 0.0919. The summed E-state index contributed by atoms with van der Waals surface area (Å²) in [6.07, 6.45) is 0. The van der Waals surface area contributed by atoms with Gasteiger partial charge in [0, 0.05) is 22.4 Å². The summed E-state index contributed by atoms with van der Waals surface area (Å²) in [7, 11) is 0. The van der Waals surface area contributed by atoms with Gasteiger partial charge in [-0.1, -0.05) is 45.0 Å². The molecule has 2 N–H and O–H groups in total. The highest BCUT2D eigenvalue weighted by Gasteiger charge is 2.21. The van der Waals surface area contributed by atoms with Crippen LogP contribution in [0.3, 0.4) is 0 Å². The fourth-order valence-corrected chi connectivity index (χ4v) is 2.73. The van der Waals surface area contributed by atoms with E-state index in [0.29, 0.717) is 35.9 Å². The molecule has 0 radical (unpaired) electrons. The predicted octanol–water partition coefficient (Wildman–Crippen LogP) is 5.38. The molecule has 0 saturated carbocycles. The maximum Gasteiger partial charge on any atom is 0.255 e. The molecule has 0 saturated heterocycles. The van der Waals surface area contributed by atoms with Crippen molar-refractivity contribution in [3.8, 4) is 11.5 Å². The van der Waals surface area contributed by atoms with E-state index < -0.39 is 5.41 Å². The highest BCUT2D eigenvalue weighted by molar-refractivity contribution is 6.04. The zero-order valence-electron chi connectivity index (χ0n) is 18.6. The monoisotopic (exact) mass is 432 g/mol. The molecule has 166 valence electrons. The predicted molar refractivity (Wildman–Crippen MR) is 126 cm³/mol. The molecule has 0 heterocycles. The first-order valence-corrected chi connectivity index (χ1v) is 10.4. The van der Waals surface area contributed by atoms with Crippen LogP contribution in [0.4, 0.5) is 11.4 Å². The summed E-state index contributed by atoms with van der Waals surface area (Å²) in [5, 5.41) is 5.71. The number of nitrogens with one attached hydrogen (secondary N) is 2. The van der Waals surface area contributed by atoms with Crippen molar-refractivity contribution in [1.82, 2.24) is 0 Å². The third kappa shape index (κ3) is 6.87. The molecule has 0 aliphatic heterocycles. The number of anilines is 2. The van der Waals surface area contributed by atoms with E-state index in [1.54, 1.807) is 48.5 Å². The fraction of sp³-hybridized carbons (Fsp3) is 0.231. The van der Waals surface area contributed by atoms with Crippen molar-refractivity contribution in [1.29, 1.82) is 0 Å². The normalized spacial score (nSPS) is 10.8. The van der Waals surface area contributed by atoms with Crippen molar-refractivity contribution in [3.63, 3.8) is 0 Å². The summed E-state index contributed by atoms with van der Waals surface area (Å²) in [5.41, 5.74) is 1.22. The first-order valence-electron chi connectivity index (χ1n) is 10.4. The Kier molecular flexibility index (Phi) is 7.49. The molecule has 0 aromatic heterocycles. The molecule has 3 aromatic rings. The van der Waals surface area contributed by atoms with Crippen LogP contribution in [0.1, 0.15) is 31.1 Å². The second-order valence-electron chi connectivity index (χ2n) is 8.27. The number of benzene rings is 3. The molecule has 0 aliphatic carbocycles. The molecule has 0 aliphatic rings. The topological polar surface area (TPSA) is 76.7 Å². The summed E-state index contributed by atoms with van der Waals surface area (Å²) in [4.78, 5) is 24.7. The number of para-hydroxylation sites is 1. The lowest BCUT2D eigenvalue weighted by Gasteiger charge is -2.18. The van der Waals surface area contributed by atoms with Gasteiger partial charge in [-0.2, -0.15) is 0 Å². The Labute approximate surface area is 188 Å². The number of ether oxygens (including phenoxy) is 2. The third-order valence-corrected chi connectivity index (χ3v) is 4.54. The van der Waals surface area contributed by atoms with Gasteiger partial charge in [-0.05, 0) is 54.6 Å². The summed E-state index contributed by atoms with van der Waals surface area (Å²) in [6.45, 7) is 6.36. The fourth-order valence-electron chi connectivity index (χ4n) is 2.73. The number of hydrogen-bond acceptors (Lipinski definition) is 4. The van der Waals surface area contributed by atoms with E-state index >= 15 is 0 Å². The maximum atomic E-state index is 12.6. The summed E-state index contributed by atoms with van der Waals surface area (Å²) < 4.78 is 11.3. The number of carbonyl (C=O) groups is 2. The standard InChI is InChI=1S/C26H28N2O4/c1-26(2,3)25(30)28-21-9-7-8-20(18-21)27-24(29)19-12-14-23(15-13-19)32-17-16-31-22-10-5-4-6-11-22/h4-15,18H,16-17H2,1-3H3,(H,27,29)(H,28,30). The minimum atomic E-state index is -0.503. The minimum Gasteiger partial charge on any atom is -0.490 e. The molecule has 6 heteroatoms. The van der Waals surface area contributed by atoms with Gasteiger partial charge in [0.25, 0.3) is 5.91 Å². The van der Waals surface area contributed by atoms with E-state index in [-0.39, 0.29) is 11.8 Å². The Hall–Kier alpha value is -3.80. The lowest BCUT2D eigenvalue weighted by Crippen LogP contribution is -2.27. The first-order chi connectivity index (χ1) is 15.3. The van der Waals surface area contributed by atoms with Crippen LogP contribution in [0.2, 0.25) is 0 Å². The van der Waals surface area contributed by atoms with E-state index in [4.69, 9.17) is 9.47 Å². The van der Waals surface area contributed by atoms with Crippen LogP contribution >= 0.6 is 0 Å². The Bertz CT molecular complexity index is 1040. The van der Waals surface area contributed by atoms with E-state index in [2.05, 4.69) is 10.6 Å². The first kappa shape index (κ1) is 22.9. The van der Waals surface area contributed by atoms with Crippen LogP contribution in [0.5, 0.6) is 11.5 Å². The van der Waals surface area contributed by atoms with E-state index in [0.717, 1.165) is 5.75 Å². The Morgan fingerprint density at radius 2 is 1.28 bits per heavy atom. The molecule has 0 atom stereocenters. The van der Waals surface area contributed by atoms with Gasteiger partial charge in [0.05, 0.1) is 0 Å². The molecule has 0 fully saturated rings. The molecule has 0 bridgehead atoms.